The summed E-state index contributed by atoms with van der Waals surface area (Å²) in [4.78, 5) is 24.4. The lowest BCUT2D eigenvalue weighted by Crippen LogP contribution is -2.51. The molecule has 0 saturated heterocycles. The van der Waals surface area contributed by atoms with Crippen LogP contribution in [0.3, 0.4) is 0 Å². The third-order valence-electron chi connectivity index (χ3n) is 4.69. The van der Waals surface area contributed by atoms with Crippen molar-refractivity contribution in [2.45, 2.75) is 51.2 Å². The van der Waals surface area contributed by atoms with E-state index >= 15 is 0 Å². The quantitative estimate of drug-likeness (QED) is 0.772. The van der Waals surface area contributed by atoms with Crippen LogP contribution in [0.5, 0.6) is 0 Å². The van der Waals surface area contributed by atoms with Crippen LogP contribution in [0.15, 0.2) is 24.3 Å². The predicted molar refractivity (Wildman–Crippen MR) is 94.7 cm³/mol. The van der Waals surface area contributed by atoms with Crippen molar-refractivity contribution in [2.24, 2.45) is 11.7 Å². The second-order valence-corrected chi connectivity index (χ2v) is 6.74. The maximum atomic E-state index is 12.6. The number of nitrogens with one attached hydrogen (secondary N) is 2. The summed E-state index contributed by atoms with van der Waals surface area (Å²) >= 11 is 0. The number of anilines is 2. The van der Waals surface area contributed by atoms with Crippen LogP contribution in [0.2, 0.25) is 0 Å². The maximum Gasteiger partial charge on any atom is 0.253 e. The zero-order chi connectivity index (χ0) is 17.7. The maximum absolute atomic E-state index is 12.6. The molecule has 2 amide bonds. The summed E-state index contributed by atoms with van der Waals surface area (Å²) in [5, 5.41) is 5.68. The molecule has 6 heteroatoms. The minimum atomic E-state index is -0.538. The number of methoxy groups -OCH3 is 1. The van der Waals surface area contributed by atoms with Crippen LogP contribution in [0.25, 0.3) is 0 Å². The highest BCUT2D eigenvalue weighted by atomic mass is 16.5. The molecule has 0 radical (unpaired) electrons. The van der Waals surface area contributed by atoms with Gasteiger partial charge in [-0.15, -0.1) is 0 Å². The second-order valence-electron chi connectivity index (χ2n) is 6.74. The van der Waals surface area contributed by atoms with Crippen molar-refractivity contribution in [3.05, 3.63) is 24.3 Å². The van der Waals surface area contributed by atoms with Gasteiger partial charge in [0.1, 0.15) is 6.10 Å². The first kappa shape index (κ1) is 18.4. The predicted octanol–water partition coefficient (Wildman–Crippen LogP) is 2.51. The van der Waals surface area contributed by atoms with Crippen LogP contribution < -0.4 is 16.4 Å². The van der Waals surface area contributed by atoms with Gasteiger partial charge in [-0.05, 0) is 44.9 Å². The highest BCUT2D eigenvalue weighted by molar-refractivity contribution is 5.96. The number of rotatable bonds is 5. The lowest BCUT2D eigenvalue weighted by Gasteiger charge is -2.37. The van der Waals surface area contributed by atoms with Crippen LogP contribution in [0.1, 0.15) is 39.5 Å². The van der Waals surface area contributed by atoms with E-state index in [-0.39, 0.29) is 17.7 Å². The summed E-state index contributed by atoms with van der Waals surface area (Å²) in [6, 6.07) is 7.08. The number of hydrogen-bond acceptors (Lipinski definition) is 4. The van der Waals surface area contributed by atoms with E-state index in [1.807, 2.05) is 6.92 Å². The van der Waals surface area contributed by atoms with Crippen molar-refractivity contribution in [2.75, 3.05) is 17.7 Å². The van der Waals surface area contributed by atoms with Crippen molar-refractivity contribution in [1.82, 2.24) is 0 Å². The highest BCUT2D eigenvalue weighted by Crippen LogP contribution is 2.32. The Balaban J connectivity index is 2.03. The first-order valence-corrected chi connectivity index (χ1v) is 8.37. The van der Waals surface area contributed by atoms with E-state index in [0.717, 1.165) is 25.7 Å². The van der Waals surface area contributed by atoms with Crippen LogP contribution in [0, 0.1) is 5.92 Å². The van der Waals surface area contributed by atoms with Gasteiger partial charge in [-0.25, -0.2) is 0 Å². The van der Waals surface area contributed by atoms with E-state index in [0.29, 0.717) is 11.4 Å². The number of carbonyl (C=O) groups excluding carboxylic acids is 2. The van der Waals surface area contributed by atoms with Gasteiger partial charge in [0.15, 0.2) is 0 Å². The third-order valence-corrected chi connectivity index (χ3v) is 4.69. The van der Waals surface area contributed by atoms with Crippen molar-refractivity contribution in [3.8, 4) is 0 Å². The molecule has 1 aliphatic carbocycles. The molecule has 132 valence electrons. The van der Waals surface area contributed by atoms with Gasteiger partial charge in [0, 0.05) is 24.0 Å². The average molecular weight is 333 g/mol. The van der Waals surface area contributed by atoms with Crippen molar-refractivity contribution >= 4 is 23.2 Å². The van der Waals surface area contributed by atoms with Crippen LogP contribution >= 0.6 is 0 Å². The molecular weight excluding hydrogens is 306 g/mol. The number of ether oxygens (including phenoxy) is 1. The summed E-state index contributed by atoms with van der Waals surface area (Å²) in [5.74, 6) is -0.491. The summed E-state index contributed by atoms with van der Waals surface area (Å²) in [5.41, 5.74) is 7.07. The van der Waals surface area contributed by atoms with Crippen LogP contribution in [-0.4, -0.2) is 30.6 Å². The molecule has 0 bridgehead atoms. The standard InChI is InChI=1S/C18H27N3O3/c1-12(24-3)16(22)20-13-7-6-8-14(11-13)21-17(23)15-9-4-5-10-18(15,2)19/h6-8,11-12,15H,4-5,9-10,19H2,1-3H3,(H,20,22)(H,21,23). The molecule has 1 fully saturated rings. The van der Waals surface area contributed by atoms with Gasteiger partial charge in [-0.2, -0.15) is 0 Å². The van der Waals surface area contributed by atoms with Gasteiger partial charge in [0.25, 0.3) is 5.91 Å². The lowest BCUT2D eigenvalue weighted by atomic mass is 9.74. The van der Waals surface area contributed by atoms with Gasteiger partial charge in [-0.1, -0.05) is 18.9 Å². The highest BCUT2D eigenvalue weighted by Gasteiger charge is 2.37. The molecule has 3 unspecified atom stereocenters. The Kier molecular flexibility index (Phi) is 5.96. The topological polar surface area (TPSA) is 93.5 Å². The number of amides is 2. The number of benzene rings is 1. The van der Waals surface area contributed by atoms with Crippen molar-refractivity contribution in [1.29, 1.82) is 0 Å². The van der Waals surface area contributed by atoms with Gasteiger partial charge in [0.2, 0.25) is 5.91 Å². The summed E-state index contributed by atoms with van der Waals surface area (Å²) in [6.07, 6.45) is 3.21. The normalized spacial score (nSPS) is 24.9. The molecule has 24 heavy (non-hydrogen) atoms. The molecule has 0 heterocycles. The van der Waals surface area contributed by atoms with E-state index in [1.165, 1.54) is 7.11 Å². The SMILES string of the molecule is COC(C)C(=O)Nc1cccc(NC(=O)C2CCCCC2(C)N)c1. The van der Waals surface area contributed by atoms with E-state index in [2.05, 4.69) is 10.6 Å². The summed E-state index contributed by atoms with van der Waals surface area (Å²) in [7, 11) is 1.48. The largest absolute Gasteiger partial charge is 0.372 e. The zero-order valence-corrected chi connectivity index (χ0v) is 14.6. The molecule has 1 saturated carbocycles. The molecule has 2 rings (SSSR count). The Labute approximate surface area is 143 Å². The minimum absolute atomic E-state index is 0.0616. The number of hydrogen-bond donors (Lipinski definition) is 3. The zero-order valence-electron chi connectivity index (χ0n) is 14.6. The molecule has 3 atom stereocenters. The summed E-state index contributed by atoms with van der Waals surface area (Å²) < 4.78 is 4.99. The molecule has 4 N–H and O–H groups in total. The molecule has 1 aliphatic rings. The third kappa shape index (κ3) is 4.55. The smallest absolute Gasteiger partial charge is 0.253 e. The van der Waals surface area contributed by atoms with Gasteiger partial charge >= 0.3 is 0 Å². The van der Waals surface area contributed by atoms with Crippen LogP contribution in [0.4, 0.5) is 11.4 Å². The van der Waals surface area contributed by atoms with Crippen molar-refractivity contribution < 1.29 is 14.3 Å². The Morgan fingerprint density at radius 2 is 1.96 bits per heavy atom. The molecule has 0 aromatic heterocycles. The molecule has 0 spiro atoms. The lowest BCUT2D eigenvalue weighted by molar-refractivity contribution is -0.124. The molecular formula is C18H27N3O3. The Morgan fingerprint density at radius 3 is 2.58 bits per heavy atom. The Morgan fingerprint density at radius 1 is 1.29 bits per heavy atom. The first-order valence-electron chi connectivity index (χ1n) is 8.37. The molecule has 0 aliphatic heterocycles. The van der Waals surface area contributed by atoms with Crippen LogP contribution in [-0.2, 0) is 14.3 Å². The Hall–Kier alpha value is -1.92. The molecule has 1 aromatic carbocycles. The van der Waals surface area contributed by atoms with Gasteiger partial charge in [0.05, 0.1) is 5.92 Å². The summed E-state index contributed by atoms with van der Waals surface area (Å²) in [6.45, 7) is 3.62. The minimum Gasteiger partial charge on any atom is -0.372 e. The first-order chi connectivity index (χ1) is 11.3. The number of nitrogens with two attached hydrogens (primary N) is 1. The van der Waals surface area contributed by atoms with E-state index < -0.39 is 11.6 Å². The van der Waals surface area contributed by atoms with E-state index in [1.54, 1.807) is 31.2 Å². The average Bonchev–Trinajstić information content (AvgIpc) is 2.53. The monoisotopic (exact) mass is 333 g/mol. The van der Waals surface area contributed by atoms with Crippen molar-refractivity contribution in [3.63, 3.8) is 0 Å². The number of carbonyl (C=O) groups is 2. The Bertz CT molecular complexity index is 601. The van der Waals surface area contributed by atoms with Gasteiger partial charge in [-0.3, -0.25) is 9.59 Å². The fourth-order valence-electron chi connectivity index (χ4n) is 3.04. The van der Waals surface area contributed by atoms with Gasteiger partial charge < -0.3 is 21.1 Å². The second kappa shape index (κ2) is 7.77. The fraction of sp³-hybridized carbons (Fsp3) is 0.556. The molecule has 1 aromatic rings. The molecule has 6 nitrogen and oxygen atoms in total. The fourth-order valence-corrected chi connectivity index (χ4v) is 3.04. The van der Waals surface area contributed by atoms with E-state index in [4.69, 9.17) is 10.5 Å². The van der Waals surface area contributed by atoms with E-state index in [9.17, 15) is 9.59 Å².